The van der Waals surface area contributed by atoms with Crippen molar-refractivity contribution in [2.45, 2.75) is 33.2 Å². The lowest BCUT2D eigenvalue weighted by Crippen LogP contribution is -2.40. The van der Waals surface area contributed by atoms with Gasteiger partial charge in [-0.15, -0.1) is 0 Å². The number of amides is 2. The molecular weight excluding hydrogens is 382 g/mol. The van der Waals surface area contributed by atoms with E-state index in [0.717, 1.165) is 11.4 Å². The first kappa shape index (κ1) is 23.2. The number of carbonyl (C=O) groups is 2. The second-order valence-electron chi connectivity index (χ2n) is 7.75. The fourth-order valence-corrected chi connectivity index (χ4v) is 2.54. The van der Waals surface area contributed by atoms with Gasteiger partial charge in [0, 0.05) is 29.1 Å². The van der Waals surface area contributed by atoms with Crippen molar-refractivity contribution < 1.29 is 19.1 Å². The van der Waals surface area contributed by atoms with Crippen LogP contribution in [0.3, 0.4) is 0 Å². The van der Waals surface area contributed by atoms with E-state index in [1.807, 2.05) is 27.7 Å². The third-order valence-corrected chi connectivity index (χ3v) is 3.93. The summed E-state index contributed by atoms with van der Waals surface area (Å²) in [5.74, 6) is 0.424. The van der Waals surface area contributed by atoms with Crippen molar-refractivity contribution in [2.75, 3.05) is 37.0 Å². The maximum absolute atomic E-state index is 12.2. The maximum Gasteiger partial charge on any atom is 0.251 e. The Bertz CT molecular complexity index is 812. The highest BCUT2D eigenvalue weighted by Gasteiger charge is 2.15. The van der Waals surface area contributed by atoms with Crippen LogP contribution in [0.2, 0.25) is 0 Å². The molecule has 0 saturated carbocycles. The van der Waals surface area contributed by atoms with Gasteiger partial charge in [0.2, 0.25) is 5.91 Å². The molecule has 0 heterocycles. The van der Waals surface area contributed by atoms with Crippen molar-refractivity contribution in [1.29, 1.82) is 0 Å². The zero-order valence-electron chi connectivity index (χ0n) is 18.1. The standard InChI is InChI=1S/C23H31N3O4/c1-5-29-14-15-30-20-12-10-19(11-13-20)25-21(27)16-24-18-8-6-17(7-9-18)22(28)26-23(2,3)4/h6-13,24H,5,14-16H2,1-4H3,(H,25,27)(H,26,28). The van der Waals surface area contributed by atoms with Crippen molar-refractivity contribution in [3.8, 4) is 5.75 Å². The highest BCUT2D eigenvalue weighted by molar-refractivity contribution is 5.95. The van der Waals surface area contributed by atoms with Crippen LogP contribution in [0.25, 0.3) is 0 Å². The summed E-state index contributed by atoms with van der Waals surface area (Å²) in [6, 6.07) is 14.2. The van der Waals surface area contributed by atoms with Crippen molar-refractivity contribution in [2.24, 2.45) is 0 Å². The minimum atomic E-state index is -0.292. The molecule has 0 bridgehead atoms. The molecule has 2 amide bonds. The Morgan fingerprint density at radius 3 is 2.13 bits per heavy atom. The normalized spacial score (nSPS) is 10.9. The van der Waals surface area contributed by atoms with Gasteiger partial charge in [-0.2, -0.15) is 0 Å². The van der Waals surface area contributed by atoms with Crippen LogP contribution in [0, 0.1) is 0 Å². The quantitative estimate of drug-likeness (QED) is 0.517. The summed E-state index contributed by atoms with van der Waals surface area (Å²) < 4.78 is 10.8. The summed E-state index contributed by atoms with van der Waals surface area (Å²) in [6.07, 6.45) is 0. The van der Waals surface area contributed by atoms with Crippen LogP contribution in [0.1, 0.15) is 38.1 Å². The van der Waals surface area contributed by atoms with Crippen LogP contribution in [0.4, 0.5) is 11.4 Å². The lowest BCUT2D eigenvalue weighted by molar-refractivity contribution is -0.114. The van der Waals surface area contributed by atoms with Gasteiger partial charge >= 0.3 is 0 Å². The van der Waals surface area contributed by atoms with Crippen LogP contribution in [0.5, 0.6) is 5.75 Å². The molecule has 0 radical (unpaired) electrons. The highest BCUT2D eigenvalue weighted by Crippen LogP contribution is 2.16. The van der Waals surface area contributed by atoms with Crippen molar-refractivity contribution in [1.82, 2.24) is 5.32 Å². The number of nitrogens with one attached hydrogen (secondary N) is 3. The Balaban J connectivity index is 1.77. The third-order valence-electron chi connectivity index (χ3n) is 3.93. The van der Waals surface area contributed by atoms with Gasteiger partial charge < -0.3 is 25.4 Å². The summed E-state index contributed by atoms with van der Waals surface area (Å²) in [6.45, 7) is 9.55. The van der Waals surface area contributed by atoms with E-state index in [0.29, 0.717) is 31.1 Å². The van der Waals surface area contributed by atoms with E-state index in [-0.39, 0.29) is 23.9 Å². The van der Waals surface area contributed by atoms with E-state index in [2.05, 4.69) is 16.0 Å². The van der Waals surface area contributed by atoms with Crippen LogP contribution in [-0.4, -0.2) is 43.7 Å². The molecule has 0 saturated heterocycles. The lowest BCUT2D eigenvalue weighted by atomic mass is 10.1. The highest BCUT2D eigenvalue weighted by atomic mass is 16.5. The lowest BCUT2D eigenvalue weighted by Gasteiger charge is -2.20. The van der Waals surface area contributed by atoms with Crippen LogP contribution in [-0.2, 0) is 9.53 Å². The van der Waals surface area contributed by atoms with E-state index >= 15 is 0 Å². The molecule has 0 unspecified atom stereocenters. The molecule has 0 atom stereocenters. The van der Waals surface area contributed by atoms with Gasteiger partial charge in [-0.3, -0.25) is 9.59 Å². The first-order valence-corrected chi connectivity index (χ1v) is 10.0. The summed E-state index contributed by atoms with van der Waals surface area (Å²) in [5.41, 5.74) is 1.73. The number of anilines is 2. The van der Waals surface area contributed by atoms with Crippen LogP contribution in [0.15, 0.2) is 48.5 Å². The Labute approximate surface area is 178 Å². The third kappa shape index (κ3) is 8.53. The summed E-state index contributed by atoms with van der Waals surface area (Å²) in [7, 11) is 0. The van der Waals surface area contributed by atoms with E-state index < -0.39 is 0 Å². The van der Waals surface area contributed by atoms with Gasteiger partial charge in [-0.1, -0.05) is 0 Å². The average molecular weight is 414 g/mol. The molecule has 2 aromatic carbocycles. The molecule has 3 N–H and O–H groups in total. The minimum absolute atomic E-state index is 0.111. The van der Waals surface area contributed by atoms with Crippen molar-refractivity contribution in [3.63, 3.8) is 0 Å². The second-order valence-corrected chi connectivity index (χ2v) is 7.75. The zero-order chi connectivity index (χ0) is 22.0. The van der Waals surface area contributed by atoms with Gasteiger partial charge in [0.1, 0.15) is 12.4 Å². The van der Waals surface area contributed by atoms with E-state index in [9.17, 15) is 9.59 Å². The van der Waals surface area contributed by atoms with Crippen LogP contribution >= 0.6 is 0 Å². The Morgan fingerprint density at radius 2 is 1.53 bits per heavy atom. The van der Waals surface area contributed by atoms with E-state index in [1.165, 1.54) is 0 Å². The van der Waals surface area contributed by atoms with Gasteiger partial charge in [0.15, 0.2) is 0 Å². The van der Waals surface area contributed by atoms with Gasteiger partial charge in [-0.25, -0.2) is 0 Å². The number of ether oxygens (including phenoxy) is 2. The molecule has 0 spiro atoms. The maximum atomic E-state index is 12.2. The molecule has 0 aromatic heterocycles. The van der Waals surface area contributed by atoms with Gasteiger partial charge in [0.25, 0.3) is 5.91 Å². The fourth-order valence-electron chi connectivity index (χ4n) is 2.54. The summed E-state index contributed by atoms with van der Waals surface area (Å²) in [4.78, 5) is 24.3. The molecular formula is C23H31N3O4. The van der Waals surface area contributed by atoms with E-state index in [4.69, 9.17) is 9.47 Å². The largest absolute Gasteiger partial charge is 0.491 e. The summed E-state index contributed by atoms with van der Waals surface area (Å²) in [5, 5.41) is 8.79. The second kappa shape index (κ2) is 11.2. The number of hydrogen-bond donors (Lipinski definition) is 3. The average Bonchev–Trinajstić information content (AvgIpc) is 2.70. The van der Waals surface area contributed by atoms with Crippen molar-refractivity contribution in [3.05, 3.63) is 54.1 Å². The Kier molecular flexibility index (Phi) is 8.68. The Hall–Kier alpha value is -3.06. The van der Waals surface area contributed by atoms with Crippen LogP contribution < -0.4 is 20.7 Å². The molecule has 162 valence electrons. The monoisotopic (exact) mass is 413 g/mol. The molecule has 0 fully saturated rings. The first-order valence-electron chi connectivity index (χ1n) is 10.0. The van der Waals surface area contributed by atoms with Crippen molar-refractivity contribution >= 4 is 23.2 Å². The first-order chi connectivity index (χ1) is 14.3. The molecule has 30 heavy (non-hydrogen) atoms. The predicted octanol–water partition coefficient (Wildman–Crippen LogP) is 3.68. The molecule has 0 aliphatic rings. The number of rotatable bonds is 10. The van der Waals surface area contributed by atoms with Gasteiger partial charge in [0.05, 0.1) is 13.2 Å². The number of benzene rings is 2. The molecule has 2 rings (SSSR count). The fraction of sp³-hybridized carbons (Fsp3) is 0.391. The minimum Gasteiger partial charge on any atom is -0.491 e. The molecule has 7 heteroatoms. The predicted molar refractivity (Wildman–Crippen MR) is 119 cm³/mol. The van der Waals surface area contributed by atoms with E-state index in [1.54, 1.807) is 48.5 Å². The number of hydrogen-bond acceptors (Lipinski definition) is 5. The molecule has 0 aliphatic carbocycles. The number of carbonyl (C=O) groups excluding carboxylic acids is 2. The zero-order valence-corrected chi connectivity index (χ0v) is 18.1. The molecule has 7 nitrogen and oxygen atoms in total. The van der Waals surface area contributed by atoms with Gasteiger partial charge in [-0.05, 0) is 76.2 Å². The topological polar surface area (TPSA) is 88.7 Å². The SMILES string of the molecule is CCOCCOc1ccc(NC(=O)CNc2ccc(C(=O)NC(C)(C)C)cc2)cc1. The molecule has 2 aromatic rings. The summed E-state index contributed by atoms with van der Waals surface area (Å²) >= 11 is 0. The molecule has 0 aliphatic heterocycles. The Morgan fingerprint density at radius 1 is 0.900 bits per heavy atom. The smallest absolute Gasteiger partial charge is 0.251 e.